The lowest BCUT2D eigenvalue weighted by atomic mass is 9.96. The molecular formula is C17H17BrFN. The molecule has 1 aliphatic rings. The molecule has 3 rings (SSSR count). The first-order valence-electron chi connectivity index (χ1n) is 6.93. The van der Waals surface area contributed by atoms with Gasteiger partial charge in [0.05, 0.1) is 10.5 Å². The third kappa shape index (κ3) is 2.52. The van der Waals surface area contributed by atoms with Crippen LogP contribution in [0.25, 0.3) is 0 Å². The molecular weight excluding hydrogens is 317 g/mol. The van der Waals surface area contributed by atoms with Crippen molar-refractivity contribution in [2.75, 3.05) is 7.05 Å². The van der Waals surface area contributed by atoms with Gasteiger partial charge in [-0.05, 0) is 76.6 Å². The van der Waals surface area contributed by atoms with Gasteiger partial charge in [0.1, 0.15) is 5.82 Å². The van der Waals surface area contributed by atoms with Gasteiger partial charge in [-0.25, -0.2) is 4.39 Å². The van der Waals surface area contributed by atoms with E-state index in [0.29, 0.717) is 4.47 Å². The molecule has 0 saturated heterocycles. The number of aryl methyl sites for hydroxylation is 2. The Morgan fingerprint density at radius 3 is 2.50 bits per heavy atom. The van der Waals surface area contributed by atoms with Gasteiger partial charge in [0.2, 0.25) is 0 Å². The number of nitrogens with one attached hydrogen (secondary N) is 1. The monoisotopic (exact) mass is 333 g/mol. The van der Waals surface area contributed by atoms with E-state index >= 15 is 0 Å². The van der Waals surface area contributed by atoms with Crippen molar-refractivity contribution in [2.24, 2.45) is 0 Å². The molecule has 0 heterocycles. The van der Waals surface area contributed by atoms with Crippen LogP contribution in [0.3, 0.4) is 0 Å². The molecule has 2 aromatic rings. The third-order valence-corrected chi connectivity index (χ3v) is 4.63. The number of rotatable bonds is 3. The fourth-order valence-corrected chi connectivity index (χ4v) is 3.39. The number of hydrogen-bond donors (Lipinski definition) is 1. The van der Waals surface area contributed by atoms with Crippen molar-refractivity contribution < 1.29 is 4.39 Å². The molecule has 0 saturated carbocycles. The predicted octanol–water partition coefficient (Wildman–Crippen LogP) is 4.39. The van der Waals surface area contributed by atoms with Crippen molar-refractivity contribution in [3.05, 3.63) is 68.9 Å². The zero-order chi connectivity index (χ0) is 14.1. The Morgan fingerprint density at radius 1 is 1.05 bits per heavy atom. The van der Waals surface area contributed by atoms with Crippen molar-refractivity contribution in [3.63, 3.8) is 0 Å². The highest BCUT2D eigenvalue weighted by Crippen LogP contribution is 2.30. The molecule has 0 spiro atoms. The zero-order valence-electron chi connectivity index (χ0n) is 11.4. The Hall–Kier alpha value is -1.19. The van der Waals surface area contributed by atoms with Crippen LogP contribution >= 0.6 is 15.9 Å². The predicted molar refractivity (Wildman–Crippen MR) is 83.5 cm³/mol. The molecule has 0 bridgehead atoms. The molecule has 104 valence electrons. The van der Waals surface area contributed by atoms with E-state index in [2.05, 4.69) is 39.4 Å². The van der Waals surface area contributed by atoms with Crippen LogP contribution < -0.4 is 5.32 Å². The van der Waals surface area contributed by atoms with E-state index in [1.807, 2.05) is 19.2 Å². The van der Waals surface area contributed by atoms with Gasteiger partial charge in [-0.3, -0.25) is 0 Å². The largest absolute Gasteiger partial charge is 0.309 e. The molecule has 3 heteroatoms. The standard InChI is InChI=1S/C17H17BrFN/c1-20-17(14-7-8-16(19)15(18)10-14)13-6-5-11-3-2-4-12(11)9-13/h5-10,17,20H,2-4H2,1H3. The van der Waals surface area contributed by atoms with Crippen molar-refractivity contribution in [1.82, 2.24) is 5.32 Å². The summed E-state index contributed by atoms with van der Waals surface area (Å²) >= 11 is 3.26. The molecule has 2 aromatic carbocycles. The van der Waals surface area contributed by atoms with Crippen LogP contribution in [-0.4, -0.2) is 7.05 Å². The number of hydrogen-bond acceptors (Lipinski definition) is 1. The topological polar surface area (TPSA) is 12.0 Å². The highest BCUT2D eigenvalue weighted by Gasteiger charge is 2.17. The molecule has 0 aliphatic heterocycles. The van der Waals surface area contributed by atoms with Crippen molar-refractivity contribution >= 4 is 15.9 Å². The average molecular weight is 334 g/mol. The second-order valence-corrected chi connectivity index (χ2v) is 6.13. The van der Waals surface area contributed by atoms with E-state index in [1.54, 1.807) is 0 Å². The van der Waals surface area contributed by atoms with Gasteiger partial charge in [-0.15, -0.1) is 0 Å². The Bertz CT molecular complexity index is 639. The normalized spacial score (nSPS) is 15.2. The Morgan fingerprint density at radius 2 is 1.75 bits per heavy atom. The maximum atomic E-state index is 13.4. The minimum atomic E-state index is -0.224. The fourth-order valence-electron chi connectivity index (χ4n) is 2.99. The Kier molecular flexibility index (Phi) is 3.90. The van der Waals surface area contributed by atoms with Gasteiger partial charge in [0.15, 0.2) is 0 Å². The minimum Gasteiger partial charge on any atom is -0.309 e. The van der Waals surface area contributed by atoms with Crippen molar-refractivity contribution in [2.45, 2.75) is 25.3 Å². The van der Waals surface area contributed by atoms with Crippen LogP contribution in [0.15, 0.2) is 40.9 Å². The molecule has 1 N–H and O–H groups in total. The van der Waals surface area contributed by atoms with Crippen LogP contribution in [-0.2, 0) is 12.8 Å². The first kappa shape index (κ1) is 13.8. The van der Waals surface area contributed by atoms with Gasteiger partial charge >= 0.3 is 0 Å². The minimum absolute atomic E-state index is 0.0952. The summed E-state index contributed by atoms with van der Waals surface area (Å²) in [5.41, 5.74) is 5.25. The lowest BCUT2D eigenvalue weighted by molar-refractivity contribution is 0.616. The Balaban J connectivity index is 1.98. The molecule has 0 aromatic heterocycles. The molecule has 1 nitrogen and oxygen atoms in total. The van der Waals surface area contributed by atoms with Gasteiger partial charge in [0.25, 0.3) is 0 Å². The lowest BCUT2D eigenvalue weighted by Crippen LogP contribution is -2.18. The van der Waals surface area contributed by atoms with E-state index in [9.17, 15) is 4.39 Å². The van der Waals surface area contributed by atoms with E-state index in [-0.39, 0.29) is 11.9 Å². The summed E-state index contributed by atoms with van der Waals surface area (Å²) in [6, 6.07) is 12.0. The zero-order valence-corrected chi connectivity index (χ0v) is 13.0. The first-order chi connectivity index (χ1) is 9.69. The van der Waals surface area contributed by atoms with Gasteiger partial charge in [-0.1, -0.05) is 24.3 Å². The third-order valence-electron chi connectivity index (χ3n) is 4.02. The Labute approximate surface area is 127 Å². The maximum absolute atomic E-state index is 13.4. The summed E-state index contributed by atoms with van der Waals surface area (Å²) in [7, 11) is 1.94. The molecule has 0 amide bonds. The van der Waals surface area contributed by atoms with Crippen LogP contribution in [0.2, 0.25) is 0 Å². The highest BCUT2D eigenvalue weighted by atomic mass is 79.9. The smallest absolute Gasteiger partial charge is 0.137 e. The molecule has 1 unspecified atom stereocenters. The molecule has 0 fully saturated rings. The number of benzene rings is 2. The maximum Gasteiger partial charge on any atom is 0.137 e. The average Bonchev–Trinajstić information content (AvgIpc) is 2.91. The van der Waals surface area contributed by atoms with Crippen LogP contribution in [0, 0.1) is 5.82 Å². The quantitative estimate of drug-likeness (QED) is 0.878. The van der Waals surface area contributed by atoms with Crippen molar-refractivity contribution in [3.8, 4) is 0 Å². The molecule has 0 radical (unpaired) electrons. The highest BCUT2D eigenvalue weighted by molar-refractivity contribution is 9.10. The van der Waals surface area contributed by atoms with Gasteiger partial charge in [-0.2, -0.15) is 0 Å². The number of fused-ring (bicyclic) bond motifs is 1. The van der Waals surface area contributed by atoms with E-state index < -0.39 is 0 Å². The lowest BCUT2D eigenvalue weighted by Gasteiger charge is -2.19. The fraction of sp³-hybridized carbons (Fsp3) is 0.294. The summed E-state index contributed by atoms with van der Waals surface area (Å²) in [6.45, 7) is 0. The molecule has 1 atom stereocenters. The van der Waals surface area contributed by atoms with Crippen molar-refractivity contribution in [1.29, 1.82) is 0 Å². The van der Waals surface area contributed by atoms with Crippen LogP contribution in [0.4, 0.5) is 4.39 Å². The summed E-state index contributed by atoms with van der Waals surface area (Å²) in [4.78, 5) is 0. The van der Waals surface area contributed by atoms with Gasteiger partial charge < -0.3 is 5.32 Å². The van der Waals surface area contributed by atoms with E-state index in [4.69, 9.17) is 0 Å². The van der Waals surface area contributed by atoms with E-state index in [0.717, 1.165) is 5.56 Å². The summed E-state index contributed by atoms with van der Waals surface area (Å²) < 4.78 is 13.9. The second kappa shape index (κ2) is 5.66. The van der Waals surface area contributed by atoms with E-state index in [1.165, 1.54) is 42.0 Å². The summed E-state index contributed by atoms with van der Waals surface area (Å²) in [5.74, 6) is -0.224. The van der Waals surface area contributed by atoms with Crippen LogP contribution in [0.1, 0.15) is 34.7 Å². The SMILES string of the molecule is CNC(c1ccc(F)c(Br)c1)c1ccc2c(c1)CCC2. The summed E-state index contributed by atoms with van der Waals surface area (Å²) in [5, 5.41) is 3.33. The van der Waals surface area contributed by atoms with Crippen LogP contribution in [0.5, 0.6) is 0 Å². The number of halogens is 2. The molecule has 20 heavy (non-hydrogen) atoms. The summed E-state index contributed by atoms with van der Waals surface area (Å²) in [6.07, 6.45) is 3.62. The first-order valence-corrected chi connectivity index (χ1v) is 7.72. The molecule has 1 aliphatic carbocycles. The van der Waals surface area contributed by atoms with Gasteiger partial charge in [0, 0.05) is 0 Å². The second-order valence-electron chi connectivity index (χ2n) is 5.28.